The smallest absolute Gasteiger partial charge is 0.421 e. The van der Waals surface area contributed by atoms with E-state index < -0.39 is 16.4 Å². The number of para-hydroxylation sites is 1. The number of carbonyl (C=O) groups is 2. The number of benzene rings is 3. The zero-order valence-electron chi connectivity index (χ0n) is 20.2. The summed E-state index contributed by atoms with van der Waals surface area (Å²) in [4.78, 5) is 29.7. The lowest BCUT2D eigenvalue weighted by Gasteiger charge is -2.29. The molecule has 1 aliphatic rings. The summed E-state index contributed by atoms with van der Waals surface area (Å²) < 4.78 is 4.55. The standard InChI is InChI=1S/C29H31NO3S/c1-5-6-12-21-17-19-22(20-18-21)29(34-23-13-8-7-9-14-23)24-15-10-11-16-25(24)30(26(29)31)27(32)33-28(2,3)4/h7-11,13-20H,5-6,12H2,1-4H3/t29-/m0/s1. The molecule has 0 unspecified atom stereocenters. The molecule has 0 fully saturated rings. The Balaban J connectivity index is 1.87. The molecule has 0 aliphatic carbocycles. The van der Waals surface area contributed by atoms with Crippen LogP contribution < -0.4 is 4.90 Å². The van der Waals surface area contributed by atoms with Crippen molar-refractivity contribution in [2.75, 3.05) is 4.90 Å². The highest BCUT2D eigenvalue weighted by Gasteiger charge is 2.55. The Bertz CT molecular complexity index is 1170. The van der Waals surface area contributed by atoms with E-state index in [1.165, 1.54) is 22.2 Å². The Morgan fingerprint density at radius 1 is 0.941 bits per heavy atom. The number of rotatable bonds is 6. The second kappa shape index (κ2) is 9.67. The van der Waals surface area contributed by atoms with Crippen LogP contribution in [0.1, 0.15) is 57.2 Å². The van der Waals surface area contributed by atoms with E-state index in [0.29, 0.717) is 5.69 Å². The zero-order valence-corrected chi connectivity index (χ0v) is 21.0. The van der Waals surface area contributed by atoms with Gasteiger partial charge in [0.2, 0.25) is 0 Å². The predicted molar refractivity (Wildman–Crippen MR) is 138 cm³/mol. The minimum Gasteiger partial charge on any atom is -0.443 e. The first kappa shape index (κ1) is 24.1. The topological polar surface area (TPSA) is 46.6 Å². The Kier molecular flexibility index (Phi) is 6.85. The molecule has 0 bridgehead atoms. The van der Waals surface area contributed by atoms with Gasteiger partial charge in [-0.05, 0) is 62.9 Å². The molecule has 3 aromatic rings. The fourth-order valence-corrected chi connectivity index (χ4v) is 5.59. The Hall–Kier alpha value is -3.05. The quantitative estimate of drug-likeness (QED) is 0.375. The second-order valence-corrected chi connectivity index (χ2v) is 10.8. The first-order chi connectivity index (χ1) is 16.3. The molecule has 0 saturated heterocycles. The van der Waals surface area contributed by atoms with Gasteiger partial charge in [-0.25, -0.2) is 9.69 Å². The average molecular weight is 474 g/mol. The normalized spacial score (nSPS) is 17.5. The van der Waals surface area contributed by atoms with E-state index in [1.807, 2.05) is 66.7 Å². The van der Waals surface area contributed by atoms with Crippen molar-refractivity contribution in [3.05, 3.63) is 95.6 Å². The lowest BCUT2D eigenvalue weighted by Crippen LogP contribution is -2.44. The first-order valence-electron chi connectivity index (χ1n) is 11.8. The molecule has 5 heteroatoms. The number of carbonyl (C=O) groups excluding carboxylic acids is 2. The van der Waals surface area contributed by atoms with E-state index >= 15 is 0 Å². The van der Waals surface area contributed by atoms with Crippen LogP contribution in [-0.2, 0) is 20.7 Å². The molecular weight excluding hydrogens is 442 g/mol. The van der Waals surface area contributed by atoms with E-state index in [-0.39, 0.29) is 5.91 Å². The van der Waals surface area contributed by atoms with Crippen LogP contribution in [-0.4, -0.2) is 17.6 Å². The van der Waals surface area contributed by atoms with Crippen molar-refractivity contribution < 1.29 is 14.3 Å². The summed E-state index contributed by atoms with van der Waals surface area (Å²) in [6.45, 7) is 7.59. The summed E-state index contributed by atoms with van der Waals surface area (Å²) >= 11 is 1.47. The molecule has 0 spiro atoms. The monoisotopic (exact) mass is 473 g/mol. The number of nitrogens with zero attached hydrogens (tertiary/aromatic N) is 1. The predicted octanol–water partition coefficient (Wildman–Crippen LogP) is 7.35. The summed E-state index contributed by atoms with van der Waals surface area (Å²) in [6.07, 6.45) is 2.61. The summed E-state index contributed by atoms with van der Waals surface area (Å²) in [5, 5.41) is 0. The molecule has 3 aromatic carbocycles. The fraction of sp³-hybridized carbons (Fsp3) is 0.310. The van der Waals surface area contributed by atoms with Gasteiger partial charge in [-0.1, -0.05) is 85.8 Å². The van der Waals surface area contributed by atoms with Gasteiger partial charge in [0.05, 0.1) is 5.69 Å². The van der Waals surface area contributed by atoms with Crippen LogP contribution in [0.2, 0.25) is 0 Å². The van der Waals surface area contributed by atoms with Gasteiger partial charge in [-0.3, -0.25) is 4.79 Å². The first-order valence-corrected chi connectivity index (χ1v) is 12.6. The minimum absolute atomic E-state index is 0.307. The van der Waals surface area contributed by atoms with Crippen LogP contribution in [0, 0.1) is 0 Å². The number of anilines is 1. The lowest BCUT2D eigenvalue weighted by atomic mass is 9.90. The van der Waals surface area contributed by atoms with Crippen molar-refractivity contribution >= 4 is 29.4 Å². The molecular formula is C29H31NO3S. The van der Waals surface area contributed by atoms with Gasteiger partial charge in [0, 0.05) is 10.5 Å². The molecule has 1 aliphatic heterocycles. The van der Waals surface area contributed by atoms with Crippen molar-refractivity contribution in [3.8, 4) is 0 Å². The Labute approximate surface area is 206 Å². The molecule has 1 heterocycles. The number of hydrogen-bond donors (Lipinski definition) is 0. The third-order valence-electron chi connectivity index (χ3n) is 5.80. The van der Waals surface area contributed by atoms with Gasteiger partial charge in [0.25, 0.3) is 5.91 Å². The van der Waals surface area contributed by atoms with Gasteiger partial charge in [0.1, 0.15) is 5.60 Å². The van der Waals surface area contributed by atoms with E-state index in [0.717, 1.165) is 35.3 Å². The lowest BCUT2D eigenvalue weighted by molar-refractivity contribution is -0.119. The average Bonchev–Trinajstić information content (AvgIpc) is 3.06. The van der Waals surface area contributed by atoms with Crippen LogP contribution in [0.15, 0.2) is 83.8 Å². The van der Waals surface area contributed by atoms with E-state index in [1.54, 1.807) is 20.8 Å². The number of hydrogen-bond acceptors (Lipinski definition) is 4. The third-order valence-corrected chi connectivity index (χ3v) is 7.24. The molecule has 4 nitrogen and oxygen atoms in total. The number of fused-ring (bicyclic) bond motifs is 1. The van der Waals surface area contributed by atoms with Crippen molar-refractivity contribution in [2.45, 2.75) is 62.2 Å². The van der Waals surface area contributed by atoms with Crippen LogP contribution in [0.4, 0.5) is 10.5 Å². The van der Waals surface area contributed by atoms with Gasteiger partial charge < -0.3 is 4.74 Å². The molecule has 1 atom stereocenters. The van der Waals surface area contributed by atoms with Gasteiger partial charge in [-0.15, -0.1) is 0 Å². The molecule has 2 amide bonds. The number of ether oxygens (including phenoxy) is 1. The number of thioether (sulfide) groups is 1. The number of amides is 2. The number of aryl methyl sites for hydroxylation is 1. The van der Waals surface area contributed by atoms with Crippen molar-refractivity contribution in [2.24, 2.45) is 0 Å². The summed E-state index contributed by atoms with van der Waals surface area (Å²) in [5.74, 6) is -0.307. The van der Waals surface area contributed by atoms with Crippen LogP contribution in [0.5, 0.6) is 0 Å². The molecule has 0 N–H and O–H groups in total. The van der Waals surface area contributed by atoms with Crippen LogP contribution in [0.3, 0.4) is 0 Å². The molecule has 176 valence electrons. The molecule has 0 radical (unpaired) electrons. The van der Waals surface area contributed by atoms with E-state index in [9.17, 15) is 9.59 Å². The Morgan fingerprint density at radius 3 is 2.24 bits per heavy atom. The highest BCUT2D eigenvalue weighted by atomic mass is 32.2. The molecule has 0 saturated carbocycles. The molecule has 34 heavy (non-hydrogen) atoms. The fourth-order valence-electron chi connectivity index (χ4n) is 4.23. The highest BCUT2D eigenvalue weighted by Crippen LogP contribution is 2.55. The van der Waals surface area contributed by atoms with E-state index in [4.69, 9.17) is 4.74 Å². The highest BCUT2D eigenvalue weighted by molar-refractivity contribution is 8.01. The zero-order chi connectivity index (χ0) is 24.3. The number of unbranched alkanes of at least 4 members (excludes halogenated alkanes) is 1. The van der Waals surface area contributed by atoms with Gasteiger partial charge in [0.15, 0.2) is 4.75 Å². The minimum atomic E-state index is -1.10. The third kappa shape index (κ3) is 4.62. The largest absolute Gasteiger partial charge is 0.443 e. The maximum atomic E-state index is 14.3. The second-order valence-electron chi connectivity index (χ2n) is 9.53. The van der Waals surface area contributed by atoms with Crippen LogP contribution in [0.25, 0.3) is 0 Å². The number of imide groups is 1. The maximum Gasteiger partial charge on any atom is 0.421 e. The van der Waals surface area contributed by atoms with Gasteiger partial charge in [-0.2, -0.15) is 0 Å². The summed E-state index contributed by atoms with van der Waals surface area (Å²) in [5.41, 5.74) is 2.74. The summed E-state index contributed by atoms with van der Waals surface area (Å²) in [7, 11) is 0. The SMILES string of the molecule is CCCCc1ccc([C@@]2(Sc3ccccc3)C(=O)N(C(=O)OC(C)(C)C)c3ccccc32)cc1. The van der Waals surface area contributed by atoms with Crippen molar-refractivity contribution in [1.29, 1.82) is 0 Å². The van der Waals surface area contributed by atoms with Crippen molar-refractivity contribution in [3.63, 3.8) is 0 Å². The van der Waals surface area contributed by atoms with Crippen LogP contribution >= 0.6 is 11.8 Å². The summed E-state index contributed by atoms with van der Waals surface area (Å²) in [6, 6.07) is 25.7. The molecule has 0 aromatic heterocycles. The molecule has 4 rings (SSSR count). The van der Waals surface area contributed by atoms with E-state index in [2.05, 4.69) is 19.1 Å². The maximum absolute atomic E-state index is 14.3. The van der Waals surface area contributed by atoms with Gasteiger partial charge >= 0.3 is 6.09 Å². The van der Waals surface area contributed by atoms with Crippen molar-refractivity contribution in [1.82, 2.24) is 0 Å². The Morgan fingerprint density at radius 2 is 1.59 bits per heavy atom.